The van der Waals surface area contributed by atoms with Gasteiger partial charge in [0.25, 0.3) is 0 Å². The van der Waals surface area contributed by atoms with Gasteiger partial charge in [0.15, 0.2) is 5.76 Å². The summed E-state index contributed by atoms with van der Waals surface area (Å²) in [5.74, 6) is -0.491. The molecule has 1 rings (SSSR count). The van der Waals surface area contributed by atoms with E-state index in [9.17, 15) is 26.3 Å². The topological polar surface area (TPSA) is 60.1 Å². The van der Waals surface area contributed by atoms with Crippen LogP contribution in [-0.4, -0.2) is 19.3 Å². The standard InChI is InChI=1S/C17H13F6N3O/c1-3-14(8-25)27-11(2)9-26(10-16(18,19)20)13-5-4-12(7-24)15(6-13)17(21,22)23/h3-6H,2,9-10H2,1H3/b14-3-. The van der Waals surface area contributed by atoms with Crippen molar-refractivity contribution >= 4 is 5.69 Å². The molecular weight excluding hydrogens is 376 g/mol. The minimum absolute atomic E-state index is 0.220. The molecule has 0 amide bonds. The predicted molar refractivity (Wildman–Crippen MR) is 84.0 cm³/mol. The number of alkyl halides is 6. The summed E-state index contributed by atoms with van der Waals surface area (Å²) >= 11 is 0. The van der Waals surface area contributed by atoms with Crippen LogP contribution in [0.5, 0.6) is 0 Å². The number of nitrogens with zero attached hydrogens (tertiary/aromatic N) is 3. The second-order valence-corrected chi connectivity index (χ2v) is 5.22. The molecule has 0 aliphatic carbocycles. The Morgan fingerprint density at radius 2 is 1.85 bits per heavy atom. The smallest absolute Gasteiger partial charge is 0.417 e. The maximum absolute atomic E-state index is 13.1. The first kappa shape index (κ1) is 21.9. The minimum Gasteiger partial charge on any atom is -0.450 e. The second kappa shape index (κ2) is 8.49. The van der Waals surface area contributed by atoms with Gasteiger partial charge < -0.3 is 9.64 Å². The zero-order valence-electron chi connectivity index (χ0n) is 13.9. The van der Waals surface area contributed by atoms with E-state index in [1.807, 2.05) is 0 Å². The van der Waals surface area contributed by atoms with Crippen LogP contribution >= 0.6 is 0 Å². The zero-order valence-corrected chi connectivity index (χ0v) is 13.9. The summed E-state index contributed by atoms with van der Waals surface area (Å²) in [7, 11) is 0. The van der Waals surface area contributed by atoms with E-state index in [2.05, 4.69) is 6.58 Å². The zero-order chi connectivity index (χ0) is 20.8. The largest absolute Gasteiger partial charge is 0.450 e. The van der Waals surface area contributed by atoms with E-state index in [4.69, 9.17) is 15.3 Å². The van der Waals surface area contributed by atoms with Crippen LogP contribution in [0.3, 0.4) is 0 Å². The Kier molecular flexibility index (Phi) is 6.89. The Bertz CT molecular complexity index is 812. The fourth-order valence-electron chi connectivity index (χ4n) is 2.06. The number of rotatable bonds is 6. The van der Waals surface area contributed by atoms with Crippen LogP contribution in [0.1, 0.15) is 18.1 Å². The predicted octanol–water partition coefficient (Wildman–Crippen LogP) is 4.90. The van der Waals surface area contributed by atoms with Crippen molar-refractivity contribution in [1.82, 2.24) is 0 Å². The van der Waals surface area contributed by atoms with Crippen molar-refractivity contribution in [2.75, 3.05) is 18.0 Å². The summed E-state index contributed by atoms with van der Waals surface area (Å²) < 4.78 is 82.8. The highest BCUT2D eigenvalue weighted by atomic mass is 19.4. The summed E-state index contributed by atoms with van der Waals surface area (Å²) in [6.45, 7) is 2.64. The summed E-state index contributed by atoms with van der Waals surface area (Å²) in [6.07, 6.45) is -8.40. The molecule has 10 heteroatoms. The fraction of sp³-hybridized carbons (Fsp3) is 0.294. The first-order valence-electron chi connectivity index (χ1n) is 7.26. The number of benzene rings is 1. The van der Waals surface area contributed by atoms with Crippen molar-refractivity contribution < 1.29 is 31.1 Å². The van der Waals surface area contributed by atoms with Crippen LogP contribution in [0.25, 0.3) is 0 Å². The molecule has 144 valence electrons. The number of hydrogen-bond donors (Lipinski definition) is 0. The Morgan fingerprint density at radius 3 is 2.30 bits per heavy atom. The molecule has 0 saturated carbocycles. The molecule has 0 aromatic heterocycles. The molecule has 1 aromatic carbocycles. The molecule has 0 unspecified atom stereocenters. The molecule has 0 N–H and O–H groups in total. The van der Waals surface area contributed by atoms with Gasteiger partial charge in [-0.15, -0.1) is 0 Å². The SMILES string of the molecule is C=C(CN(CC(F)(F)F)c1ccc(C#N)c(C(F)(F)F)c1)O/C(C#N)=C\C. The first-order chi connectivity index (χ1) is 12.4. The normalized spacial score (nSPS) is 12.1. The van der Waals surface area contributed by atoms with Gasteiger partial charge in [-0.3, -0.25) is 0 Å². The quantitative estimate of drug-likeness (QED) is 0.394. The third-order valence-electron chi connectivity index (χ3n) is 3.16. The van der Waals surface area contributed by atoms with Crippen LogP contribution in [0, 0.1) is 22.7 Å². The number of allylic oxidation sites excluding steroid dienone is 2. The molecule has 4 nitrogen and oxygen atoms in total. The molecule has 0 bridgehead atoms. The van der Waals surface area contributed by atoms with Gasteiger partial charge in [-0.05, 0) is 31.2 Å². The van der Waals surface area contributed by atoms with Crippen molar-refractivity contribution in [3.8, 4) is 12.1 Å². The average molecular weight is 389 g/mol. The summed E-state index contributed by atoms with van der Waals surface area (Å²) in [5, 5.41) is 17.5. The Labute approximate surface area is 151 Å². The molecule has 0 saturated heterocycles. The molecule has 0 heterocycles. The average Bonchev–Trinajstić information content (AvgIpc) is 2.56. The third kappa shape index (κ3) is 6.59. The molecule has 0 aliphatic heterocycles. The highest BCUT2D eigenvalue weighted by molar-refractivity contribution is 5.55. The highest BCUT2D eigenvalue weighted by Crippen LogP contribution is 2.35. The van der Waals surface area contributed by atoms with Gasteiger partial charge in [0.1, 0.15) is 18.4 Å². The summed E-state index contributed by atoms with van der Waals surface area (Å²) in [6, 6.07) is 5.20. The lowest BCUT2D eigenvalue weighted by atomic mass is 10.1. The number of anilines is 1. The third-order valence-corrected chi connectivity index (χ3v) is 3.16. The monoisotopic (exact) mass is 389 g/mol. The van der Waals surface area contributed by atoms with Crippen molar-refractivity contribution in [2.45, 2.75) is 19.3 Å². The minimum atomic E-state index is -4.92. The lowest BCUT2D eigenvalue weighted by Gasteiger charge is -2.27. The van der Waals surface area contributed by atoms with Crippen LogP contribution in [0.4, 0.5) is 32.0 Å². The van der Waals surface area contributed by atoms with E-state index < -0.39 is 42.3 Å². The van der Waals surface area contributed by atoms with Gasteiger partial charge in [0.2, 0.25) is 0 Å². The van der Waals surface area contributed by atoms with Crippen molar-refractivity contribution in [2.24, 2.45) is 0 Å². The van der Waals surface area contributed by atoms with Gasteiger partial charge >= 0.3 is 12.4 Å². The fourth-order valence-corrected chi connectivity index (χ4v) is 2.06. The molecule has 27 heavy (non-hydrogen) atoms. The number of nitriles is 2. The van der Waals surface area contributed by atoms with E-state index in [-0.39, 0.29) is 11.5 Å². The first-order valence-corrected chi connectivity index (χ1v) is 7.26. The highest BCUT2D eigenvalue weighted by Gasteiger charge is 2.36. The summed E-state index contributed by atoms with van der Waals surface area (Å²) in [5.41, 5.74) is -2.50. The second-order valence-electron chi connectivity index (χ2n) is 5.22. The molecule has 0 atom stereocenters. The molecule has 0 spiro atoms. The van der Waals surface area contributed by atoms with Crippen LogP contribution in [0.2, 0.25) is 0 Å². The van der Waals surface area contributed by atoms with Gasteiger partial charge in [0.05, 0.1) is 23.7 Å². The van der Waals surface area contributed by atoms with E-state index in [0.29, 0.717) is 11.0 Å². The van der Waals surface area contributed by atoms with E-state index in [1.165, 1.54) is 19.1 Å². The number of ether oxygens (including phenoxy) is 1. The van der Waals surface area contributed by atoms with E-state index in [1.54, 1.807) is 6.07 Å². The van der Waals surface area contributed by atoms with Gasteiger partial charge in [-0.2, -0.15) is 36.9 Å². The van der Waals surface area contributed by atoms with E-state index >= 15 is 0 Å². The van der Waals surface area contributed by atoms with Crippen molar-refractivity contribution in [3.05, 3.63) is 53.5 Å². The van der Waals surface area contributed by atoms with Crippen LogP contribution in [-0.2, 0) is 10.9 Å². The lowest BCUT2D eigenvalue weighted by Crippen LogP contribution is -2.36. The molecular formula is C17H13F6N3O. The van der Waals surface area contributed by atoms with Crippen molar-refractivity contribution in [1.29, 1.82) is 10.5 Å². The Balaban J connectivity index is 3.27. The van der Waals surface area contributed by atoms with Gasteiger partial charge in [-0.1, -0.05) is 6.58 Å². The van der Waals surface area contributed by atoms with Crippen molar-refractivity contribution in [3.63, 3.8) is 0 Å². The lowest BCUT2D eigenvalue weighted by molar-refractivity contribution is -0.137. The maximum atomic E-state index is 13.1. The number of halogens is 6. The van der Waals surface area contributed by atoms with Crippen LogP contribution in [0.15, 0.2) is 42.4 Å². The Hall–Kier alpha value is -3.14. The number of hydrogen-bond acceptors (Lipinski definition) is 4. The Morgan fingerprint density at radius 1 is 1.22 bits per heavy atom. The molecule has 0 fully saturated rings. The van der Waals surface area contributed by atoms with Gasteiger partial charge in [-0.25, -0.2) is 0 Å². The van der Waals surface area contributed by atoms with Crippen LogP contribution < -0.4 is 4.90 Å². The summed E-state index contributed by atoms with van der Waals surface area (Å²) in [4.78, 5) is 0.559. The molecule has 0 aliphatic rings. The van der Waals surface area contributed by atoms with Gasteiger partial charge in [0, 0.05) is 5.69 Å². The molecule has 0 radical (unpaired) electrons. The van der Waals surface area contributed by atoms with E-state index in [0.717, 1.165) is 12.1 Å². The maximum Gasteiger partial charge on any atom is 0.417 e. The molecule has 1 aromatic rings.